The summed E-state index contributed by atoms with van der Waals surface area (Å²) in [6.45, 7) is 1.32. The number of anilines is 1. The van der Waals surface area contributed by atoms with Gasteiger partial charge in [0.2, 0.25) is 0 Å². The summed E-state index contributed by atoms with van der Waals surface area (Å²) in [5.74, 6) is 0. The summed E-state index contributed by atoms with van der Waals surface area (Å²) in [5, 5.41) is 12.1. The minimum absolute atomic E-state index is 0.0207. The van der Waals surface area contributed by atoms with Gasteiger partial charge in [0.15, 0.2) is 0 Å². The summed E-state index contributed by atoms with van der Waals surface area (Å²) in [6, 6.07) is 5.03. The number of hydrogen-bond donors (Lipinski definition) is 1. The second kappa shape index (κ2) is 5.94. The van der Waals surface area contributed by atoms with Gasteiger partial charge in [-0.1, -0.05) is 0 Å². The van der Waals surface area contributed by atoms with Gasteiger partial charge in [0.25, 0.3) is 0 Å². The molecule has 0 spiro atoms. The van der Waals surface area contributed by atoms with Gasteiger partial charge in [-0.25, -0.2) is 0 Å². The van der Waals surface area contributed by atoms with Gasteiger partial charge in [-0.2, -0.15) is 18.4 Å². The number of ether oxygens (including phenoxy) is 1. The molecule has 3 nitrogen and oxygen atoms in total. The molecule has 0 unspecified atom stereocenters. The first-order valence-corrected chi connectivity index (χ1v) is 6.74. The van der Waals surface area contributed by atoms with Crippen LogP contribution in [-0.2, 0) is 10.9 Å². The molecule has 0 aromatic heterocycles. The lowest BCUT2D eigenvalue weighted by Crippen LogP contribution is -2.18. The van der Waals surface area contributed by atoms with Crippen LogP contribution in [0.25, 0.3) is 0 Å². The van der Waals surface area contributed by atoms with Crippen LogP contribution in [0, 0.1) is 16.7 Å². The van der Waals surface area contributed by atoms with Crippen molar-refractivity contribution >= 4 is 5.69 Å². The third-order valence-electron chi connectivity index (χ3n) is 3.91. The Balaban J connectivity index is 2.06. The Morgan fingerprint density at radius 3 is 2.62 bits per heavy atom. The third kappa shape index (κ3) is 3.88. The van der Waals surface area contributed by atoms with Gasteiger partial charge >= 0.3 is 6.18 Å². The first-order valence-electron chi connectivity index (χ1n) is 6.74. The molecule has 1 aliphatic rings. The lowest BCUT2D eigenvalue weighted by atomic mass is 10.0. The zero-order valence-corrected chi connectivity index (χ0v) is 11.8. The smallest absolute Gasteiger partial charge is 0.385 e. The van der Waals surface area contributed by atoms with Crippen LogP contribution in [0.3, 0.4) is 0 Å². The molecule has 2 rings (SSSR count). The molecule has 1 N–H and O–H groups in total. The highest BCUT2D eigenvalue weighted by atomic mass is 19.4. The maximum absolute atomic E-state index is 12.6. The number of nitrogens with zero attached hydrogens (tertiary/aromatic N) is 1. The van der Waals surface area contributed by atoms with Crippen LogP contribution in [0.4, 0.5) is 18.9 Å². The Bertz CT molecular complexity index is 545. The fourth-order valence-electron chi connectivity index (χ4n) is 2.26. The molecule has 1 aromatic rings. The molecular formula is C15H17F3N2O. The first-order chi connectivity index (χ1) is 9.90. The van der Waals surface area contributed by atoms with Crippen LogP contribution in [0.5, 0.6) is 0 Å². The van der Waals surface area contributed by atoms with Gasteiger partial charge in [-0.3, -0.25) is 0 Å². The van der Waals surface area contributed by atoms with E-state index >= 15 is 0 Å². The molecular weight excluding hydrogens is 281 g/mol. The Labute approximate surface area is 121 Å². The fourth-order valence-corrected chi connectivity index (χ4v) is 2.26. The zero-order chi connectivity index (χ0) is 15.5. The van der Waals surface area contributed by atoms with E-state index < -0.39 is 11.7 Å². The van der Waals surface area contributed by atoms with Crippen LogP contribution in [0.2, 0.25) is 0 Å². The van der Waals surface area contributed by atoms with E-state index in [1.165, 1.54) is 6.07 Å². The maximum atomic E-state index is 12.6. The van der Waals surface area contributed by atoms with Gasteiger partial charge in [-0.15, -0.1) is 0 Å². The lowest BCUT2D eigenvalue weighted by Gasteiger charge is -2.17. The number of methoxy groups -OCH3 is 1. The molecule has 6 heteroatoms. The minimum Gasteiger partial charge on any atom is -0.385 e. The Morgan fingerprint density at radius 1 is 1.38 bits per heavy atom. The van der Waals surface area contributed by atoms with E-state index in [-0.39, 0.29) is 11.0 Å². The van der Waals surface area contributed by atoms with Crippen molar-refractivity contribution in [1.29, 1.82) is 5.26 Å². The monoisotopic (exact) mass is 298 g/mol. The number of nitrogens with one attached hydrogen (secondary N) is 1. The molecule has 0 heterocycles. The molecule has 0 aliphatic heterocycles. The van der Waals surface area contributed by atoms with Crippen molar-refractivity contribution in [1.82, 2.24) is 0 Å². The van der Waals surface area contributed by atoms with Crippen LogP contribution in [-0.4, -0.2) is 20.3 Å². The molecule has 21 heavy (non-hydrogen) atoms. The fraction of sp³-hybridized carbons (Fsp3) is 0.533. The van der Waals surface area contributed by atoms with Crippen LogP contribution < -0.4 is 5.32 Å². The maximum Gasteiger partial charge on any atom is 0.416 e. The Kier molecular flexibility index (Phi) is 4.43. The molecule has 1 fully saturated rings. The number of benzene rings is 1. The van der Waals surface area contributed by atoms with Crippen molar-refractivity contribution < 1.29 is 17.9 Å². The first kappa shape index (κ1) is 15.6. The van der Waals surface area contributed by atoms with E-state index in [2.05, 4.69) is 5.32 Å². The van der Waals surface area contributed by atoms with Crippen molar-refractivity contribution in [3.05, 3.63) is 29.3 Å². The number of hydrogen-bond acceptors (Lipinski definition) is 3. The highest BCUT2D eigenvalue weighted by Gasteiger charge is 2.41. The number of halogens is 3. The number of rotatable bonds is 6. The van der Waals surface area contributed by atoms with Crippen LogP contribution >= 0.6 is 0 Å². The van der Waals surface area contributed by atoms with Gasteiger partial charge in [0.1, 0.15) is 6.07 Å². The largest absolute Gasteiger partial charge is 0.416 e. The predicted molar refractivity (Wildman–Crippen MR) is 72.8 cm³/mol. The van der Waals surface area contributed by atoms with Crippen molar-refractivity contribution in [2.75, 3.05) is 25.6 Å². The zero-order valence-electron chi connectivity index (χ0n) is 11.8. The summed E-state index contributed by atoms with van der Waals surface area (Å²) in [4.78, 5) is 0. The highest BCUT2D eigenvalue weighted by molar-refractivity contribution is 5.59. The van der Waals surface area contributed by atoms with Crippen molar-refractivity contribution in [2.45, 2.75) is 25.4 Å². The molecule has 1 aromatic carbocycles. The molecule has 0 atom stereocenters. The summed E-state index contributed by atoms with van der Waals surface area (Å²) >= 11 is 0. The SMILES string of the molecule is COCCC1(CNc2ccc(C(F)(F)F)cc2C#N)CC1. The summed E-state index contributed by atoms with van der Waals surface area (Å²) in [5.41, 5.74) is -0.169. The Morgan fingerprint density at radius 2 is 2.10 bits per heavy atom. The van der Waals surface area contributed by atoms with E-state index in [0.717, 1.165) is 31.4 Å². The third-order valence-corrected chi connectivity index (χ3v) is 3.91. The molecule has 0 radical (unpaired) electrons. The van der Waals surface area contributed by atoms with E-state index in [1.54, 1.807) is 7.11 Å². The normalized spacial score (nSPS) is 16.3. The number of alkyl halides is 3. The van der Waals surface area contributed by atoms with Crippen LogP contribution in [0.15, 0.2) is 18.2 Å². The van der Waals surface area contributed by atoms with Crippen molar-refractivity contribution in [2.24, 2.45) is 5.41 Å². The average Bonchev–Trinajstić information content (AvgIpc) is 3.22. The van der Waals surface area contributed by atoms with E-state index in [1.807, 2.05) is 6.07 Å². The lowest BCUT2D eigenvalue weighted by molar-refractivity contribution is -0.137. The second-order valence-corrected chi connectivity index (χ2v) is 5.47. The molecule has 1 saturated carbocycles. The van der Waals surface area contributed by atoms with Gasteiger partial charge in [0, 0.05) is 20.3 Å². The second-order valence-electron chi connectivity index (χ2n) is 5.47. The highest BCUT2D eigenvalue weighted by Crippen LogP contribution is 2.48. The molecule has 1 aliphatic carbocycles. The molecule has 0 bridgehead atoms. The van der Waals surface area contributed by atoms with Crippen molar-refractivity contribution in [3.8, 4) is 6.07 Å². The molecule has 0 saturated heterocycles. The van der Waals surface area contributed by atoms with Crippen LogP contribution in [0.1, 0.15) is 30.4 Å². The quantitative estimate of drug-likeness (QED) is 0.868. The number of nitriles is 1. The molecule has 0 amide bonds. The average molecular weight is 298 g/mol. The topological polar surface area (TPSA) is 45.0 Å². The van der Waals surface area contributed by atoms with Crippen molar-refractivity contribution in [3.63, 3.8) is 0 Å². The minimum atomic E-state index is -4.43. The van der Waals surface area contributed by atoms with Gasteiger partial charge in [0.05, 0.1) is 16.8 Å². The summed E-state index contributed by atoms with van der Waals surface area (Å²) in [6.07, 6.45) is -1.36. The van der Waals surface area contributed by atoms with E-state index in [4.69, 9.17) is 10.00 Å². The summed E-state index contributed by atoms with van der Waals surface area (Å²) in [7, 11) is 1.65. The summed E-state index contributed by atoms with van der Waals surface area (Å²) < 4.78 is 42.9. The standard InChI is InChI=1S/C15H17F3N2O/c1-21-7-6-14(4-5-14)10-20-13-3-2-12(15(16,17)18)8-11(13)9-19/h2-3,8,20H,4-7,10H2,1H3. The molecule has 114 valence electrons. The predicted octanol–water partition coefficient (Wildman–Crippen LogP) is 3.81. The Hall–Kier alpha value is -1.74. The van der Waals surface area contributed by atoms with E-state index in [9.17, 15) is 13.2 Å². The van der Waals surface area contributed by atoms with E-state index in [0.29, 0.717) is 18.8 Å². The van der Waals surface area contributed by atoms with Gasteiger partial charge < -0.3 is 10.1 Å². The van der Waals surface area contributed by atoms with Gasteiger partial charge in [-0.05, 0) is 42.9 Å².